The zero-order chi connectivity index (χ0) is 18.7. The van der Waals surface area contributed by atoms with Gasteiger partial charge >= 0.3 is 0 Å². The van der Waals surface area contributed by atoms with Crippen LogP contribution >= 0.6 is 11.6 Å². The van der Waals surface area contributed by atoms with Crippen molar-refractivity contribution in [3.8, 4) is 11.1 Å². The molecule has 0 saturated carbocycles. The Morgan fingerprint density at radius 2 is 1.69 bits per heavy atom. The summed E-state index contributed by atoms with van der Waals surface area (Å²) in [7, 11) is -3.26. The maximum absolute atomic E-state index is 12.5. The van der Waals surface area contributed by atoms with Crippen molar-refractivity contribution in [1.82, 2.24) is 4.98 Å². The summed E-state index contributed by atoms with van der Waals surface area (Å²) in [6, 6.07) is 17.0. The van der Waals surface area contributed by atoms with Crippen molar-refractivity contribution in [2.24, 2.45) is 0 Å². The number of pyridine rings is 1. The van der Waals surface area contributed by atoms with Crippen LogP contribution in [-0.4, -0.2) is 25.6 Å². The Balaban J connectivity index is 1.94. The highest BCUT2D eigenvalue weighted by atomic mass is 35.5. The Bertz CT molecular complexity index is 1060. The number of carbonyl (C=O) groups excluding carboxylic acids is 1. The Hall–Kier alpha value is -2.70. The van der Waals surface area contributed by atoms with Crippen LogP contribution in [0.25, 0.3) is 11.1 Å². The number of nitrogens with zero attached hydrogens (tertiary/aromatic N) is 1. The minimum absolute atomic E-state index is 0.125. The lowest BCUT2D eigenvalue weighted by molar-refractivity contribution is 0.102. The molecule has 132 valence electrons. The average Bonchev–Trinajstić information content (AvgIpc) is 2.62. The standard InChI is InChI=1S/C19H15ClN2O3S/c1-26(24,25)14-10-8-13(9-11-14)15-5-2-3-7-17(15)22-19(23)16-6-4-12-21-18(16)20/h2-12H,1H3,(H,22,23). The third-order valence-electron chi connectivity index (χ3n) is 3.77. The first kappa shape index (κ1) is 18.1. The number of benzene rings is 2. The molecule has 2 aromatic carbocycles. The van der Waals surface area contributed by atoms with Gasteiger partial charge in [0.15, 0.2) is 9.84 Å². The molecule has 0 saturated heterocycles. The summed E-state index contributed by atoms with van der Waals surface area (Å²) in [5.41, 5.74) is 2.41. The molecule has 1 amide bonds. The van der Waals surface area contributed by atoms with E-state index in [-0.39, 0.29) is 21.5 Å². The molecule has 0 radical (unpaired) electrons. The van der Waals surface area contributed by atoms with Crippen LogP contribution < -0.4 is 5.32 Å². The summed E-state index contributed by atoms with van der Waals surface area (Å²) < 4.78 is 23.2. The van der Waals surface area contributed by atoms with Gasteiger partial charge in [-0.1, -0.05) is 41.9 Å². The molecule has 26 heavy (non-hydrogen) atoms. The number of amides is 1. The lowest BCUT2D eigenvalue weighted by Gasteiger charge is -2.12. The molecule has 1 heterocycles. The molecule has 0 aliphatic rings. The summed E-state index contributed by atoms with van der Waals surface area (Å²) in [5, 5.41) is 2.95. The van der Waals surface area contributed by atoms with Gasteiger partial charge < -0.3 is 5.32 Å². The van der Waals surface area contributed by atoms with Gasteiger partial charge in [-0.05, 0) is 35.9 Å². The van der Waals surface area contributed by atoms with Crippen LogP contribution in [0.15, 0.2) is 71.8 Å². The van der Waals surface area contributed by atoms with E-state index in [1.165, 1.54) is 6.20 Å². The Morgan fingerprint density at radius 3 is 2.35 bits per heavy atom. The van der Waals surface area contributed by atoms with Crippen LogP contribution in [0.5, 0.6) is 0 Å². The number of halogens is 1. The predicted molar refractivity (Wildman–Crippen MR) is 102 cm³/mol. The molecule has 1 N–H and O–H groups in total. The van der Waals surface area contributed by atoms with Gasteiger partial charge in [0.2, 0.25) is 0 Å². The van der Waals surface area contributed by atoms with Crippen LogP contribution in [0.3, 0.4) is 0 Å². The van der Waals surface area contributed by atoms with Crippen molar-refractivity contribution in [2.45, 2.75) is 4.90 Å². The number of anilines is 1. The molecule has 0 fully saturated rings. The van der Waals surface area contributed by atoms with Crippen molar-refractivity contribution in [1.29, 1.82) is 0 Å². The van der Waals surface area contributed by atoms with Crippen LogP contribution in [0, 0.1) is 0 Å². The Morgan fingerprint density at radius 1 is 1.00 bits per heavy atom. The lowest BCUT2D eigenvalue weighted by atomic mass is 10.0. The van der Waals surface area contributed by atoms with Gasteiger partial charge in [-0.25, -0.2) is 13.4 Å². The topological polar surface area (TPSA) is 76.1 Å². The van der Waals surface area contributed by atoms with E-state index >= 15 is 0 Å². The first-order valence-electron chi connectivity index (χ1n) is 7.67. The second-order valence-corrected chi connectivity index (χ2v) is 8.01. The fraction of sp³-hybridized carbons (Fsp3) is 0.0526. The SMILES string of the molecule is CS(=O)(=O)c1ccc(-c2ccccc2NC(=O)c2cccnc2Cl)cc1. The molecule has 0 atom stereocenters. The van der Waals surface area contributed by atoms with Gasteiger partial charge in [0.05, 0.1) is 10.5 Å². The zero-order valence-corrected chi connectivity index (χ0v) is 15.4. The molecule has 5 nitrogen and oxygen atoms in total. The molecule has 0 aliphatic carbocycles. The number of nitrogens with one attached hydrogen (secondary N) is 1. The van der Waals surface area contributed by atoms with Crippen LogP contribution in [0.1, 0.15) is 10.4 Å². The number of rotatable bonds is 4. The second-order valence-electron chi connectivity index (χ2n) is 5.64. The number of carbonyl (C=O) groups is 1. The highest BCUT2D eigenvalue weighted by Crippen LogP contribution is 2.29. The minimum atomic E-state index is -3.26. The fourth-order valence-corrected chi connectivity index (χ4v) is 3.31. The van der Waals surface area contributed by atoms with Gasteiger partial charge in [0.25, 0.3) is 5.91 Å². The van der Waals surface area contributed by atoms with Crippen molar-refractivity contribution in [3.63, 3.8) is 0 Å². The van der Waals surface area contributed by atoms with Gasteiger partial charge in [0, 0.05) is 23.7 Å². The normalized spacial score (nSPS) is 11.2. The number of hydrogen-bond acceptors (Lipinski definition) is 4. The predicted octanol–water partition coefficient (Wildman–Crippen LogP) is 4.06. The van der Waals surface area contributed by atoms with Crippen molar-refractivity contribution >= 4 is 33.0 Å². The molecule has 7 heteroatoms. The Labute approximate surface area is 156 Å². The minimum Gasteiger partial charge on any atom is -0.321 e. The summed E-state index contributed by atoms with van der Waals surface area (Å²) in [6.45, 7) is 0. The van der Waals surface area contributed by atoms with Crippen molar-refractivity contribution < 1.29 is 13.2 Å². The van der Waals surface area contributed by atoms with Crippen LogP contribution in [0.4, 0.5) is 5.69 Å². The van der Waals surface area contributed by atoms with Gasteiger partial charge in [-0.3, -0.25) is 4.79 Å². The summed E-state index contributed by atoms with van der Waals surface area (Å²) in [6.07, 6.45) is 2.67. The molecule has 0 bridgehead atoms. The average molecular weight is 387 g/mol. The first-order valence-corrected chi connectivity index (χ1v) is 9.94. The number of para-hydroxylation sites is 1. The first-order chi connectivity index (χ1) is 12.4. The number of hydrogen-bond donors (Lipinski definition) is 1. The van der Waals surface area contributed by atoms with Gasteiger partial charge in [-0.15, -0.1) is 0 Å². The third-order valence-corrected chi connectivity index (χ3v) is 5.20. The van der Waals surface area contributed by atoms with Gasteiger partial charge in [-0.2, -0.15) is 0 Å². The molecule has 1 aromatic heterocycles. The number of aromatic nitrogens is 1. The highest BCUT2D eigenvalue weighted by Gasteiger charge is 2.14. The molecule has 0 aliphatic heterocycles. The monoisotopic (exact) mass is 386 g/mol. The summed E-state index contributed by atoms with van der Waals surface area (Å²) >= 11 is 5.97. The third kappa shape index (κ3) is 3.92. The van der Waals surface area contributed by atoms with E-state index in [4.69, 9.17) is 11.6 Å². The maximum Gasteiger partial charge on any atom is 0.258 e. The van der Waals surface area contributed by atoms with Crippen LogP contribution in [0.2, 0.25) is 5.15 Å². The lowest BCUT2D eigenvalue weighted by Crippen LogP contribution is -2.13. The van der Waals surface area contributed by atoms with E-state index in [1.807, 2.05) is 12.1 Å². The largest absolute Gasteiger partial charge is 0.321 e. The molecular formula is C19H15ClN2O3S. The van der Waals surface area contributed by atoms with E-state index in [9.17, 15) is 13.2 Å². The zero-order valence-electron chi connectivity index (χ0n) is 13.8. The number of sulfone groups is 1. The van der Waals surface area contributed by atoms with E-state index in [1.54, 1.807) is 48.5 Å². The van der Waals surface area contributed by atoms with E-state index in [2.05, 4.69) is 10.3 Å². The maximum atomic E-state index is 12.5. The fourth-order valence-electron chi connectivity index (χ4n) is 2.47. The van der Waals surface area contributed by atoms with Crippen LogP contribution in [-0.2, 0) is 9.84 Å². The molecule has 0 spiro atoms. The molecule has 3 rings (SSSR count). The van der Waals surface area contributed by atoms with Crippen molar-refractivity contribution in [3.05, 3.63) is 77.6 Å². The van der Waals surface area contributed by atoms with Gasteiger partial charge in [0.1, 0.15) is 5.15 Å². The highest BCUT2D eigenvalue weighted by molar-refractivity contribution is 7.90. The van der Waals surface area contributed by atoms with E-state index in [0.29, 0.717) is 5.69 Å². The second kappa shape index (κ2) is 7.27. The summed E-state index contributed by atoms with van der Waals surface area (Å²) in [5.74, 6) is -0.372. The molecular weight excluding hydrogens is 372 g/mol. The van der Waals surface area contributed by atoms with Crippen molar-refractivity contribution in [2.75, 3.05) is 11.6 Å². The smallest absolute Gasteiger partial charge is 0.258 e. The molecule has 0 unspecified atom stereocenters. The molecule has 3 aromatic rings. The Kier molecular flexibility index (Phi) is 5.06. The van der Waals surface area contributed by atoms with E-state index in [0.717, 1.165) is 17.4 Å². The quantitative estimate of drug-likeness (QED) is 0.686. The van der Waals surface area contributed by atoms with E-state index < -0.39 is 9.84 Å². The summed E-state index contributed by atoms with van der Waals surface area (Å²) in [4.78, 5) is 16.6.